The molecule has 5 heteroatoms. The van der Waals surface area contributed by atoms with Crippen LogP contribution in [0.1, 0.15) is 48.0 Å². The molecule has 1 aliphatic rings. The zero-order valence-corrected chi connectivity index (χ0v) is 18.4. The van der Waals surface area contributed by atoms with Gasteiger partial charge in [0, 0.05) is 11.9 Å². The monoisotopic (exact) mass is 406 g/mol. The lowest BCUT2D eigenvalue weighted by atomic mass is 9.98. The van der Waals surface area contributed by atoms with Crippen molar-refractivity contribution in [2.45, 2.75) is 34.6 Å². The molecule has 0 unspecified atom stereocenters. The number of nitrogens with zero attached hydrogens (tertiary/aromatic N) is 1. The summed E-state index contributed by atoms with van der Waals surface area (Å²) in [5.41, 5.74) is 4.83. The number of carbonyl (C=O) groups is 1. The second kappa shape index (κ2) is 11.0. The maximum Gasteiger partial charge on any atom is 0.274 e. The summed E-state index contributed by atoms with van der Waals surface area (Å²) in [6, 6.07) is 7.63. The number of ether oxygens (including phenoxy) is 2. The van der Waals surface area contributed by atoms with Crippen molar-refractivity contribution >= 4 is 11.5 Å². The van der Waals surface area contributed by atoms with Crippen LogP contribution >= 0.6 is 0 Å². The molecule has 5 nitrogen and oxygen atoms in total. The van der Waals surface area contributed by atoms with Crippen molar-refractivity contribution in [1.82, 2.24) is 10.3 Å². The molecule has 0 saturated heterocycles. The average Bonchev–Trinajstić information content (AvgIpc) is 2.76. The van der Waals surface area contributed by atoms with E-state index in [1.165, 1.54) is 0 Å². The third kappa shape index (κ3) is 5.60. The van der Waals surface area contributed by atoms with Gasteiger partial charge in [0.25, 0.3) is 5.91 Å². The molecule has 3 rings (SSSR count). The zero-order chi connectivity index (χ0) is 22.1. The predicted molar refractivity (Wildman–Crippen MR) is 122 cm³/mol. The van der Waals surface area contributed by atoms with Crippen LogP contribution < -0.4 is 14.8 Å². The summed E-state index contributed by atoms with van der Waals surface area (Å²) < 4.78 is 11.3. The standard InChI is InChI=1S/C23H24N2O3.C2H6/c1-5-18(19-14-21-20(13-16(19)3)27-11-12-28-21)9-8-17(4)25-23(26)22-15(2)7-6-10-24-22;1-2/h5-10,13-14H,4,11-12H2,1-3H3,(H,25,26);1-2H3/b9-8-,18-5+;. The quantitative estimate of drug-likeness (QED) is 0.676. The Balaban J connectivity index is 0.00000155. The Labute approximate surface area is 179 Å². The maximum atomic E-state index is 12.4. The van der Waals surface area contributed by atoms with Gasteiger partial charge in [0.05, 0.1) is 0 Å². The van der Waals surface area contributed by atoms with E-state index < -0.39 is 0 Å². The first-order valence-electron chi connectivity index (χ1n) is 10.2. The van der Waals surface area contributed by atoms with E-state index in [0.717, 1.165) is 33.8 Å². The van der Waals surface area contributed by atoms with Crippen molar-refractivity contribution in [3.8, 4) is 11.5 Å². The first kappa shape index (κ1) is 22.9. The average molecular weight is 407 g/mol. The fraction of sp³-hybridized carbons (Fsp3) is 0.280. The summed E-state index contributed by atoms with van der Waals surface area (Å²) in [5, 5.41) is 2.78. The molecule has 1 amide bonds. The van der Waals surface area contributed by atoms with Crippen LogP contribution in [-0.4, -0.2) is 24.1 Å². The van der Waals surface area contributed by atoms with Crippen LogP contribution in [0.2, 0.25) is 0 Å². The molecule has 1 aliphatic heterocycles. The van der Waals surface area contributed by atoms with Gasteiger partial charge in [-0.25, -0.2) is 0 Å². The van der Waals surface area contributed by atoms with E-state index in [4.69, 9.17) is 9.47 Å². The molecule has 0 spiro atoms. The van der Waals surface area contributed by atoms with E-state index in [-0.39, 0.29) is 5.91 Å². The number of pyridine rings is 1. The second-order valence-corrected chi connectivity index (χ2v) is 6.54. The Morgan fingerprint density at radius 3 is 2.40 bits per heavy atom. The summed E-state index contributed by atoms with van der Waals surface area (Å²) in [6.45, 7) is 14.9. The van der Waals surface area contributed by atoms with Gasteiger partial charge in [0.1, 0.15) is 18.9 Å². The molecule has 158 valence electrons. The molecule has 1 aromatic carbocycles. The zero-order valence-electron chi connectivity index (χ0n) is 18.4. The van der Waals surface area contributed by atoms with Gasteiger partial charge in [-0.05, 0) is 67.3 Å². The topological polar surface area (TPSA) is 60.5 Å². The number of hydrogen-bond acceptors (Lipinski definition) is 4. The van der Waals surface area contributed by atoms with Crippen LogP contribution in [-0.2, 0) is 0 Å². The molecule has 30 heavy (non-hydrogen) atoms. The summed E-state index contributed by atoms with van der Waals surface area (Å²) in [4.78, 5) is 16.5. The van der Waals surface area contributed by atoms with Crippen molar-refractivity contribution in [3.63, 3.8) is 0 Å². The second-order valence-electron chi connectivity index (χ2n) is 6.54. The highest BCUT2D eigenvalue weighted by Gasteiger charge is 2.15. The molecule has 0 aliphatic carbocycles. The minimum atomic E-state index is -0.273. The van der Waals surface area contributed by atoms with Crippen LogP contribution in [0.15, 0.2) is 61.0 Å². The van der Waals surface area contributed by atoms with Gasteiger partial charge in [-0.1, -0.05) is 38.6 Å². The minimum Gasteiger partial charge on any atom is -0.486 e. The molecular weight excluding hydrogens is 376 g/mol. The number of amides is 1. The van der Waals surface area contributed by atoms with Gasteiger partial charge >= 0.3 is 0 Å². The van der Waals surface area contributed by atoms with E-state index in [2.05, 4.69) is 16.9 Å². The fourth-order valence-electron chi connectivity index (χ4n) is 3.00. The Morgan fingerprint density at radius 1 is 1.10 bits per heavy atom. The van der Waals surface area contributed by atoms with Crippen molar-refractivity contribution < 1.29 is 14.3 Å². The van der Waals surface area contributed by atoms with Crippen molar-refractivity contribution in [2.24, 2.45) is 0 Å². The van der Waals surface area contributed by atoms with Gasteiger partial charge in [-0.2, -0.15) is 0 Å². The largest absolute Gasteiger partial charge is 0.486 e. The van der Waals surface area contributed by atoms with E-state index in [0.29, 0.717) is 24.6 Å². The van der Waals surface area contributed by atoms with Gasteiger partial charge in [0.15, 0.2) is 11.5 Å². The SMILES string of the molecule is C=C(/C=C\C(=C/C)c1cc2c(cc1C)OCCO2)NC(=O)c1ncccc1C.CC. The summed E-state index contributed by atoms with van der Waals surface area (Å²) in [5.74, 6) is 1.25. The molecule has 1 N–H and O–H groups in total. The van der Waals surface area contributed by atoms with Crippen LogP contribution in [0, 0.1) is 13.8 Å². The van der Waals surface area contributed by atoms with Gasteiger partial charge in [0.2, 0.25) is 0 Å². The molecule has 1 aromatic heterocycles. The van der Waals surface area contributed by atoms with Crippen LogP contribution in [0.25, 0.3) is 5.57 Å². The van der Waals surface area contributed by atoms with Crippen LogP contribution in [0.3, 0.4) is 0 Å². The predicted octanol–water partition coefficient (Wildman–Crippen LogP) is 5.40. The first-order valence-corrected chi connectivity index (χ1v) is 10.2. The molecule has 0 bridgehead atoms. The van der Waals surface area contributed by atoms with Gasteiger partial charge in [-0.15, -0.1) is 0 Å². The highest BCUT2D eigenvalue weighted by Crippen LogP contribution is 2.35. The number of fused-ring (bicyclic) bond motifs is 1. The number of nitrogens with one attached hydrogen (secondary N) is 1. The number of aryl methyl sites for hydroxylation is 2. The highest BCUT2D eigenvalue weighted by molar-refractivity contribution is 5.95. The van der Waals surface area contributed by atoms with Crippen molar-refractivity contribution in [1.29, 1.82) is 0 Å². The normalized spacial score (nSPS) is 12.8. The Morgan fingerprint density at radius 2 is 1.77 bits per heavy atom. The Kier molecular flexibility index (Phi) is 8.41. The summed E-state index contributed by atoms with van der Waals surface area (Å²) in [7, 11) is 0. The Hall–Kier alpha value is -3.34. The maximum absolute atomic E-state index is 12.4. The van der Waals surface area contributed by atoms with E-state index in [9.17, 15) is 4.79 Å². The van der Waals surface area contributed by atoms with E-state index in [1.807, 2.05) is 65.0 Å². The molecule has 0 atom stereocenters. The van der Waals surface area contributed by atoms with E-state index in [1.54, 1.807) is 18.3 Å². The number of hydrogen-bond donors (Lipinski definition) is 1. The lowest BCUT2D eigenvalue weighted by Gasteiger charge is -2.20. The number of rotatable bonds is 5. The smallest absolute Gasteiger partial charge is 0.274 e. The number of aromatic nitrogens is 1. The van der Waals surface area contributed by atoms with Crippen molar-refractivity contribution in [2.75, 3.05) is 13.2 Å². The van der Waals surface area contributed by atoms with E-state index >= 15 is 0 Å². The fourth-order valence-corrected chi connectivity index (χ4v) is 3.00. The van der Waals surface area contributed by atoms with Gasteiger partial charge in [-0.3, -0.25) is 9.78 Å². The lowest BCUT2D eigenvalue weighted by molar-refractivity contribution is 0.0962. The highest BCUT2D eigenvalue weighted by atomic mass is 16.6. The molecule has 0 fully saturated rings. The summed E-state index contributed by atoms with van der Waals surface area (Å²) >= 11 is 0. The molecule has 0 radical (unpaired) electrons. The molecule has 2 heterocycles. The number of carbonyl (C=O) groups excluding carboxylic acids is 1. The molecule has 0 saturated carbocycles. The first-order chi connectivity index (χ1) is 14.5. The van der Waals surface area contributed by atoms with Crippen LogP contribution in [0.5, 0.6) is 11.5 Å². The Bertz CT molecular complexity index is 974. The number of allylic oxidation sites excluding steroid dienone is 4. The van der Waals surface area contributed by atoms with Crippen molar-refractivity contribution in [3.05, 3.63) is 83.4 Å². The van der Waals surface area contributed by atoms with Gasteiger partial charge < -0.3 is 14.8 Å². The third-order valence-corrected chi connectivity index (χ3v) is 4.47. The number of benzene rings is 1. The van der Waals surface area contributed by atoms with Crippen LogP contribution in [0.4, 0.5) is 0 Å². The summed E-state index contributed by atoms with van der Waals surface area (Å²) in [6.07, 6.45) is 7.31. The lowest BCUT2D eigenvalue weighted by Crippen LogP contribution is -2.23. The third-order valence-electron chi connectivity index (χ3n) is 4.47. The minimum absolute atomic E-state index is 0.273. The molecular formula is C25H30N2O3. The molecule has 2 aromatic rings.